The molecule has 4 nitrogen and oxygen atoms in total. The Morgan fingerprint density at radius 3 is 2.78 bits per heavy atom. The van der Waals surface area contributed by atoms with Crippen molar-refractivity contribution in [3.05, 3.63) is 80.5 Å². The second kappa shape index (κ2) is 7.14. The Morgan fingerprint density at radius 2 is 2.00 bits per heavy atom. The first kappa shape index (κ1) is 16.0. The number of hydrogen-bond donors (Lipinski definition) is 1. The Bertz CT molecular complexity index is 847. The molecular formula is C17H13ClIN3O. The molecule has 0 fully saturated rings. The molecule has 0 aliphatic carbocycles. The second-order valence-corrected chi connectivity index (χ2v) is 6.58. The fourth-order valence-electron chi connectivity index (χ4n) is 2.17. The van der Waals surface area contributed by atoms with Crippen molar-refractivity contribution in [3.63, 3.8) is 0 Å². The summed E-state index contributed by atoms with van der Waals surface area (Å²) in [7, 11) is 0. The Hall–Kier alpha value is -1.86. The van der Waals surface area contributed by atoms with Gasteiger partial charge in [0.1, 0.15) is 5.82 Å². The summed E-state index contributed by atoms with van der Waals surface area (Å²) < 4.78 is 2.73. The van der Waals surface area contributed by atoms with Gasteiger partial charge in [0, 0.05) is 20.2 Å². The van der Waals surface area contributed by atoms with Crippen LogP contribution in [-0.2, 0) is 6.54 Å². The number of hydrogen-bond acceptors (Lipinski definition) is 2. The monoisotopic (exact) mass is 437 g/mol. The number of carbonyl (C=O) groups is 1. The molecule has 0 atom stereocenters. The van der Waals surface area contributed by atoms with Crippen LogP contribution < -0.4 is 5.32 Å². The molecule has 23 heavy (non-hydrogen) atoms. The van der Waals surface area contributed by atoms with E-state index in [-0.39, 0.29) is 5.91 Å². The molecule has 0 spiro atoms. The summed E-state index contributed by atoms with van der Waals surface area (Å²) in [4.78, 5) is 12.4. The van der Waals surface area contributed by atoms with Gasteiger partial charge in [0.15, 0.2) is 0 Å². The molecule has 0 radical (unpaired) electrons. The smallest absolute Gasteiger partial charge is 0.256 e. The van der Waals surface area contributed by atoms with E-state index in [1.807, 2.05) is 42.5 Å². The van der Waals surface area contributed by atoms with E-state index in [2.05, 4.69) is 33.0 Å². The molecule has 1 aromatic heterocycles. The predicted molar refractivity (Wildman–Crippen MR) is 99.9 cm³/mol. The summed E-state index contributed by atoms with van der Waals surface area (Å²) >= 11 is 8.36. The number of amides is 1. The van der Waals surface area contributed by atoms with Crippen LogP contribution in [0.15, 0.2) is 60.8 Å². The van der Waals surface area contributed by atoms with Gasteiger partial charge in [-0.15, -0.1) is 0 Å². The van der Waals surface area contributed by atoms with Gasteiger partial charge in [-0.3, -0.25) is 4.79 Å². The molecule has 0 aliphatic heterocycles. The average molecular weight is 438 g/mol. The number of halogens is 2. The van der Waals surface area contributed by atoms with Gasteiger partial charge in [-0.1, -0.05) is 35.9 Å². The normalized spacial score (nSPS) is 10.5. The molecule has 1 amide bonds. The molecule has 1 heterocycles. The van der Waals surface area contributed by atoms with Gasteiger partial charge in [-0.25, -0.2) is 4.68 Å². The largest absolute Gasteiger partial charge is 0.307 e. The lowest BCUT2D eigenvalue weighted by Crippen LogP contribution is -2.16. The number of carbonyl (C=O) groups excluding carboxylic acids is 1. The molecule has 0 aliphatic rings. The van der Waals surface area contributed by atoms with E-state index < -0.39 is 0 Å². The fourth-order valence-corrected chi connectivity index (χ4v) is 2.91. The number of aromatic nitrogens is 2. The third-order valence-electron chi connectivity index (χ3n) is 3.32. The highest BCUT2D eigenvalue weighted by Gasteiger charge is 2.11. The van der Waals surface area contributed by atoms with Crippen LogP contribution in [-0.4, -0.2) is 15.7 Å². The van der Waals surface area contributed by atoms with E-state index in [0.717, 1.165) is 9.13 Å². The summed E-state index contributed by atoms with van der Waals surface area (Å²) in [5.41, 5.74) is 1.56. The number of nitrogens with zero attached hydrogens (tertiary/aromatic N) is 2. The number of anilines is 1. The molecule has 0 bridgehead atoms. The zero-order valence-electron chi connectivity index (χ0n) is 12.0. The molecule has 3 aromatic rings. The Labute approximate surface area is 152 Å². The van der Waals surface area contributed by atoms with Crippen molar-refractivity contribution in [3.8, 4) is 0 Å². The summed E-state index contributed by atoms with van der Waals surface area (Å²) in [5.74, 6) is 0.471. The highest BCUT2D eigenvalue weighted by atomic mass is 127. The van der Waals surface area contributed by atoms with E-state index in [1.165, 1.54) is 0 Å². The van der Waals surface area contributed by atoms with Crippen molar-refractivity contribution in [2.45, 2.75) is 6.54 Å². The third-order valence-corrected chi connectivity index (χ3v) is 4.36. The highest BCUT2D eigenvalue weighted by molar-refractivity contribution is 14.1. The first-order chi connectivity index (χ1) is 11.1. The lowest BCUT2D eigenvalue weighted by Gasteiger charge is -2.10. The van der Waals surface area contributed by atoms with Crippen LogP contribution >= 0.6 is 34.2 Å². The summed E-state index contributed by atoms with van der Waals surface area (Å²) in [6, 6.07) is 16.8. The van der Waals surface area contributed by atoms with Crippen LogP contribution in [0.25, 0.3) is 0 Å². The van der Waals surface area contributed by atoms with Gasteiger partial charge in [-0.2, -0.15) is 5.10 Å². The molecule has 1 N–H and O–H groups in total. The van der Waals surface area contributed by atoms with E-state index in [9.17, 15) is 4.79 Å². The van der Waals surface area contributed by atoms with Gasteiger partial charge in [0.2, 0.25) is 0 Å². The van der Waals surface area contributed by atoms with Gasteiger partial charge < -0.3 is 5.32 Å². The lowest BCUT2D eigenvalue weighted by molar-refractivity contribution is 0.102. The van der Waals surface area contributed by atoms with Crippen molar-refractivity contribution in [2.75, 3.05) is 5.32 Å². The van der Waals surface area contributed by atoms with Crippen LogP contribution in [0.3, 0.4) is 0 Å². The van der Waals surface area contributed by atoms with Crippen molar-refractivity contribution in [1.29, 1.82) is 0 Å². The minimum absolute atomic E-state index is 0.163. The quantitative estimate of drug-likeness (QED) is 0.613. The van der Waals surface area contributed by atoms with Crippen molar-refractivity contribution < 1.29 is 4.79 Å². The van der Waals surface area contributed by atoms with Gasteiger partial charge >= 0.3 is 0 Å². The van der Waals surface area contributed by atoms with E-state index in [4.69, 9.17) is 11.6 Å². The maximum Gasteiger partial charge on any atom is 0.256 e. The number of rotatable bonds is 4. The molecule has 6 heteroatoms. The lowest BCUT2D eigenvalue weighted by atomic mass is 10.2. The van der Waals surface area contributed by atoms with Crippen LogP contribution in [0.2, 0.25) is 5.02 Å². The molecule has 0 saturated heterocycles. The molecule has 0 unspecified atom stereocenters. The van der Waals surface area contributed by atoms with Crippen molar-refractivity contribution >= 4 is 45.9 Å². The van der Waals surface area contributed by atoms with Gasteiger partial charge in [-0.05, 0) is 52.4 Å². The molecule has 116 valence electrons. The summed E-state index contributed by atoms with van der Waals surface area (Å²) in [6.07, 6.45) is 1.65. The highest BCUT2D eigenvalue weighted by Crippen LogP contribution is 2.18. The zero-order chi connectivity index (χ0) is 16.2. The van der Waals surface area contributed by atoms with Crippen LogP contribution in [0.4, 0.5) is 5.82 Å². The Balaban J connectivity index is 1.79. The maximum absolute atomic E-state index is 12.4. The molecule has 3 rings (SSSR count). The molecular weight excluding hydrogens is 425 g/mol. The third kappa shape index (κ3) is 3.92. The minimum Gasteiger partial charge on any atom is -0.307 e. The fraction of sp³-hybridized carbons (Fsp3) is 0.0588. The van der Waals surface area contributed by atoms with E-state index >= 15 is 0 Å². The molecule has 2 aromatic carbocycles. The topological polar surface area (TPSA) is 46.9 Å². The van der Waals surface area contributed by atoms with E-state index in [1.54, 1.807) is 23.0 Å². The number of nitrogens with one attached hydrogen (secondary N) is 1. The van der Waals surface area contributed by atoms with Gasteiger partial charge in [0.25, 0.3) is 5.91 Å². The van der Waals surface area contributed by atoms with Crippen LogP contribution in [0.5, 0.6) is 0 Å². The standard InChI is InChI=1S/C17H13ClIN3O/c18-15-7-2-1-4-13(15)11-22-16(8-9-20-22)21-17(23)12-5-3-6-14(19)10-12/h1-10H,11H2,(H,21,23). The SMILES string of the molecule is O=C(Nc1ccnn1Cc1ccccc1Cl)c1cccc(I)c1. The van der Waals surface area contributed by atoms with Crippen molar-refractivity contribution in [1.82, 2.24) is 9.78 Å². The van der Waals surface area contributed by atoms with Gasteiger partial charge in [0.05, 0.1) is 12.7 Å². The summed E-state index contributed by atoms with van der Waals surface area (Å²) in [6.45, 7) is 0.495. The zero-order valence-corrected chi connectivity index (χ0v) is 15.0. The minimum atomic E-state index is -0.163. The Kier molecular flexibility index (Phi) is 4.97. The Morgan fingerprint density at radius 1 is 1.17 bits per heavy atom. The second-order valence-electron chi connectivity index (χ2n) is 4.93. The maximum atomic E-state index is 12.4. The first-order valence-electron chi connectivity index (χ1n) is 6.95. The van der Waals surface area contributed by atoms with Crippen LogP contribution in [0, 0.1) is 3.57 Å². The number of benzene rings is 2. The van der Waals surface area contributed by atoms with Crippen molar-refractivity contribution in [2.24, 2.45) is 0 Å². The molecule has 0 saturated carbocycles. The van der Waals surface area contributed by atoms with E-state index in [0.29, 0.717) is 22.9 Å². The first-order valence-corrected chi connectivity index (χ1v) is 8.41. The average Bonchev–Trinajstić information content (AvgIpc) is 2.96. The summed E-state index contributed by atoms with van der Waals surface area (Å²) in [5, 5.41) is 7.83. The van der Waals surface area contributed by atoms with Crippen LogP contribution in [0.1, 0.15) is 15.9 Å². The predicted octanol–water partition coefficient (Wildman–Crippen LogP) is 4.44.